The van der Waals surface area contributed by atoms with Crippen molar-refractivity contribution >= 4 is 21.7 Å². The molecule has 2 N–H and O–H groups in total. The summed E-state index contributed by atoms with van der Waals surface area (Å²) in [6.07, 6.45) is 1.04. The number of urea groups is 1. The lowest BCUT2D eigenvalue weighted by Gasteiger charge is -2.36. The first kappa shape index (κ1) is 25.0. The number of pyridine rings is 1. The molecule has 2 amide bonds. The summed E-state index contributed by atoms with van der Waals surface area (Å²) in [4.78, 5) is 17.6. The number of nitrogens with one attached hydrogen (secondary N) is 2. The van der Waals surface area contributed by atoms with Gasteiger partial charge in [-0.3, -0.25) is 4.98 Å². The van der Waals surface area contributed by atoms with Crippen molar-refractivity contribution in [3.05, 3.63) is 53.4 Å². The topological polar surface area (TPSA) is 94.6 Å². The average Bonchev–Trinajstić information content (AvgIpc) is 2.72. The van der Waals surface area contributed by atoms with Gasteiger partial charge in [0.1, 0.15) is 11.6 Å². The molecule has 1 saturated heterocycles. The molecule has 1 aliphatic heterocycles. The molecule has 0 unspecified atom stereocenters. The first-order valence-electron chi connectivity index (χ1n) is 10.7. The molecule has 0 saturated carbocycles. The molecule has 0 atom stereocenters. The van der Waals surface area contributed by atoms with Gasteiger partial charge in [0.25, 0.3) is 0 Å². The van der Waals surface area contributed by atoms with Crippen LogP contribution in [0.3, 0.4) is 0 Å². The van der Waals surface area contributed by atoms with Crippen LogP contribution in [-0.2, 0) is 10.0 Å². The molecule has 8 nitrogen and oxygen atoms in total. The summed E-state index contributed by atoms with van der Waals surface area (Å²) in [6.45, 7) is 5.96. The largest absolute Gasteiger partial charge is 0.337 e. The number of halogens is 2. The minimum atomic E-state index is -4.29. The fourth-order valence-electron chi connectivity index (χ4n) is 3.99. The van der Waals surface area contributed by atoms with Crippen molar-refractivity contribution in [1.82, 2.24) is 19.5 Å². The molecular weight excluding hydrogens is 452 g/mol. The van der Waals surface area contributed by atoms with Crippen LogP contribution < -0.4 is 10.6 Å². The number of hydrogen-bond donors (Lipinski definition) is 2. The number of carbonyl (C=O) groups is 1. The Morgan fingerprint density at radius 2 is 1.73 bits per heavy atom. The van der Waals surface area contributed by atoms with Crippen molar-refractivity contribution in [3.8, 4) is 0 Å². The van der Waals surface area contributed by atoms with Gasteiger partial charge < -0.3 is 15.5 Å². The van der Waals surface area contributed by atoms with Gasteiger partial charge in [0, 0.05) is 43.3 Å². The van der Waals surface area contributed by atoms with Crippen LogP contribution in [0.1, 0.15) is 24.2 Å². The second kappa shape index (κ2) is 10.5. The Bertz CT molecular complexity index is 1060. The highest BCUT2D eigenvalue weighted by Gasteiger charge is 2.34. The normalized spacial score (nSPS) is 15.6. The minimum Gasteiger partial charge on any atom is -0.337 e. The first-order chi connectivity index (χ1) is 15.6. The molecule has 0 aliphatic carbocycles. The van der Waals surface area contributed by atoms with E-state index in [0.717, 1.165) is 33.9 Å². The number of aromatic nitrogens is 1. The monoisotopic (exact) mass is 481 g/mol. The zero-order valence-corrected chi connectivity index (χ0v) is 19.8. The number of aryl methyl sites for hydroxylation is 2. The first-order valence-corrected chi connectivity index (χ1v) is 12.2. The van der Waals surface area contributed by atoms with E-state index in [1.54, 1.807) is 12.1 Å². The highest BCUT2D eigenvalue weighted by molar-refractivity contribution is 7.89. The molecule has 11 heteroatoms. The Hall–Kier alpha value is -2.63. The number of anilines is 1. The number of amides is 2. The van der Waals surface area contributed by atoms with Gasteiger partial charge in [-0.25, -0.2) is 22.0 Å². The van der Waals surface area contributed by atoms with E-state index >= 15 is 0 Å². The lowest BCUT2D eigenvalue weighted by Crippen LogP contribution is -2.47. The summed E-state index contributed by atoms with van der Waals surface area (Å²) in [7, 11) is -2.93. The molecule has 0 bridgehead atoms. The summed E-state index contributed by atoms with van der Waals surface area (Å²) in [5.41, 5.74) is 2.31. The third-order valence-electron chi connectivity index (χ3n) is 5.68. The predicted octanol–water partition coefficient (Wildman–Crippen LogP) is 2.88. The lowest BCUT2D eigenvalue weighted by atomic mass is 10.1. The third kappa shape index (κ3) is 6.24. The minimum absolute atomic E-state index is 0.312. The highest BCUT2D eigenvalue weighted by atomic mass is 32.2. The number of rotatable bonds is 7. The van der Waals surface area contributed by atoms with Crippen LogP contribution in [0.25, 0.3) is 0 Å². The van der Waals surface area contributed by atoms with Crippen LogP contribution in [0.5, 0.6) is 0 Å². The van der Waals surface area contributed by atoms with Gasteiger partial charge in [-0.05, 0) is 64.0 Å². The fourth-order valence-corrected chi connectivity index (χ4v) is 5.51. The van der Waals surface area contributed by atoms with E-state index in [-0.39, 0.29) is 12.1 Å². The maximum absolute atomic E-state index is 14.0. The Morgan fingerprint density at radius 3 is 2.30 bits per heavy atom. The second-order valence-corrected chi connectivity index (χ2v) is 10.1. The SMILES string of the molecule is Cc1cc(NC(=O)NCCN2CCC(N(C)S(=O)(=O)c3c(F)cccc3F)CC2)cc(C)n1. The zero-order chi connectivity index (χ0) is 24.2. The molecule has 2 heterocycles. The van der Waals surface area contributed by atoms with E-state index < -0.39 is 26.6 Å². The summed E-state index contributed by atoms with van der Waals surface area (Å²) >= 11 is 0. The number of piperidine rings is 1. The maximum atomic E-state index is 14.0. The van der Waals surface area contributed by atoms with E-state index in [4.69, 9.17) is 0 Å². The number of likely N-dealkylation sites (tertiary alicyclic amines) is 1. The summed E-state index contributed by atoms with van der Waals surface area (Å²) in [5, 5.41) is 5.59. The quantitative estimate of drug-likeness (QED) is 0.634. The third-order valence-corrected chi connectivity index (χ3v) is 7.64. The fraction of sp³-hybridized carbons (Fsp3) is 0.455. The van der Waals surface area contributed by atoms with Crippen LogP contribution in [0, 0.1) is 25.5 Å². The van der Waals surface area contributed by atoms with Gasteiger partial charge in [-0.1, -0.05) is 6.07 Å². The maximum Gasteiger partial charge on any atom is 0.319 e. The summed E-state index contributed by atoms with van der Waals surface area (Å²) in [6, 6.07) is 5.91. The molecular formula is C22H29F2N5O3S. The van der Waals surface area contributed by atoms with Crippen molar-refractivity contribution < 1.29 is 22.0 Å². The molecule has 1 aromatic carbocycles. The molecule has 33 heavy (non-hydrogen) atoms. The van der Waals surface area contributed by atoms with Gasteiger partial charge in [-0.15, -0.1) is 0 Å². The molecule has 1 aromatic heterocycles. The number of benzene rings is 1. The van der Waals surface area contributed by atoms with Gasteiger partial charge in [0.15, 0.2) is 4.90 Å². The van der Waals surface area contributed by atoms with Gasteiger partial charge in [0.05, 0.1) is 0 Å². The molecule has 1 aliphatic rings. The Morgan fingerprint density at radius 1 is 1.15 bits per heavy atom. The van der Waals surface area contributed by atoms with Gasteiger partial charge >= 0.3 is 6.03 Å². The van der Waals surface area contributed by atoms with Crippen LogP contribution in [0.2, 0.25) is 0 Å². The van der Waals surface area contributed by atoms with Crippen molar-refractivity contribution in [1.29, 1.82) is 0 Å². The summed E-state index contributed by atoms with van der Waals surface area (Å²) in [5.74, 6) is -2.19. The summed E-state index contributed by atoms with van der Waals surface area (Å²) < 4.78 is 54.6. The highest BCUT2D eigenvalue weighted by Crippen LogP contribution is 2.26. The standard InChI is InChI=1S/C22H29F2N5O3S/c1-15-13-17(14-16(2)26-15)27-22(30)25-9-12-29-10-7-18(8-11-29)28(3)33(31,32)21-19(23)5-4-6-20(21)24/h4-6,13-14,18H,7-12H2,1-3H3,(H2,25,26,27,30). The van der Waals surface area contributed by atoms with Crippen molar-refractivity contribution in [3.63, 3.8) is 0 Å². The Kier molecular flexibility index (Phi) is 7.98. The van der Waals surface area contributed by atoms with Crippen LogP contribution in [-0.4, -0.2) is 67.9 Å². The number of sulfonamides is 1. The Labute approximate surface area is 193 Å². The van der Waals surface area contributed by atoms with E-state index in [1.165, 1.54) is 7.05 Å². The molecule has 0 spiro atoms. The molecule has 2 aromatic rings. The van der Waals surface area contributed by atoms with Crippen molar-refractivity contribution in [2.24, 2.45) is 0 Å². The molecule has 180 valence electrons. The van der Waals surface area contributed by atoms with E-state index in [2.05, 4.69) is 20.5 Å². The lowest BCUT2D eigenvalue weighted by molar-refractivity contribution is 0.170. The van der Waals surface area contributed by atoms with Gasteiger partial charge in [0.2, 0.25) is 10.0 Å². The van der Waals surface area contributed by atoms with E-state index in [0.29, 0.717) is 44.7 Å². The number of hydrogen-bond acceptors (Lipinski definition) is 5. The van der Waals surface area contributed by atoms with Crippen LogP contribution in [0.15, 0.2) is 35.2 Å². The molecule has 3 rings (SSSR count). The van der Waals surface area contributed by atoms with Crippen LogP contribution in [0.4, 0.5) is 19.3 Å². The zero-order valence-electron chi connectivity index (χ0n) is 18.9. The number of nitrogens with zero attached hydrogens (tertiary/aromatic N) is 3. The predicted molar refractivity (Wildman–Crippen MR) is 122 cm³/mol. The van der Waals surface area contributed by atoms with Crippen molar-refractivity contribution in [2.45, 2.75) is 37.6 Å². The van der Waals surface area contributed by atoms with Gasteiger partial charge in [-0.2, -0.15) is 4.31 Å². The van der Waals surface area contributed by atoms with E-state index in [1.807, 2.05) is 13.8 Å². The average molecular weight is 482 g/mol. The molecule has 1 fully saturated rings. The number of carbonyl (C=O) groups excluding carboxylic acids is 1. The molecule has 0 radical (unpaired) electrons. The van der Waals surface area contributed by atoms with Crippen LogP contribution >= 0.6 is 0 Å². The second-order valence-electron chi connectivity index (χ2n) is 8.16. The van der Waals surface area contributed by atoms with Crippen molar-refractivity contribution in [2.75, 3.05) is 38.5 Å². The smallest absolute Gasteiger partial charge is 0.319 e. The Balaban J connectivity index is 1.46. The van der Waals surface area contributed by atoms with E-state index in [9.17, 15) is 22.0 Å².